The van der Waals surface area contributed by atoms with E-state index in [1.807, 2.05) is 36.4 Å². The number of benzene rings is 2. The number of nitrogens with one attached hydrogen (secondary N) is 1. The highest BCUT2D eigenvalue weighted by atomic mass is 32.2. The number of piperazine rings is 1. The molecule has 8 heteroatoms. The van der Waals surface area contributed by atoms with Crippen LogP contribution in [-0.2, 0) is 23.0 Å². The van der Waals surface area contributed by atoms with E-state index < -0.39 is 10.0 Å². The van der Waals surface area contributed by atoms with Crippen LogP contribution in [0.5, 0.6) is 0 Å². The molecule has 1 aromatic heterocycles. The summed E-state index contributed by atoms with van der Waals surface area (Å²) in [6.45, 7) is 3.42. The Morgan fingerprint density at radius 3 is 2.39 bits per heavy atom. The number of amides is 1. The van der Waals surface area contributed by atoms with Gasteiger partial charge in [0, 0.05) is 63.1 Å². The number of pyridine rings is 1. The van der Waals surface area contributed by atoms with Crippen molar-refractivity contribution in [2.75, 3.05) is 32.7 Å². The third-order valence-corrected chi connectivity index (χ3v) is 7.60. The molecule has 1 fully saturated rings. The van der Waals surface area contributed by atoms with Crippen LogP contribution >= 0.6 is 0 Å². The quantitative estimate of drug-likeness (QED) is 0.554. The van der Waals surface area contributed by atoms with Gasteiger partial charge in [-0.3, -0.25) is 14.7 Å². The van der Waals surface area contributed by atoms with E-state index >= 15 is 0 Å². The maximum absolute atomic E-state index is 13.2. The Bertz CT molecular complexity index is 1160. The van der Waals surface area contributed by atoms with Crippen LogP contribution in [0.25, 0.3) is 0 Å². The summed E-state index contributed by atoms with van der Waals surface area (Å²) in [7, 11) is -3.66. The van der Waals surface area contributed by atoms with Gasteiger partial charge >= 0.3 is 0 Å². The highest BCUT2D eigenvalue weighted by Crippen LogP contribution is 2.20. The van der Waals surface area contributed by atoms with Gasteiger partial charge in [0.05, 0.1) is 4.90 Å². The number of carbonyl (C=O) groups excluding carboxylic acids is 1. The van der Waals surface area contributed by atoms with Gasteiger partial charge in [-0.15, -0.1) is 0 Å². The molecule has 4 rings (SSSR count). The summed E-state index contributed by atoms with van der Waals surface area (Å²) >= 11 is 0. The molecule has 0 spiro atoms. The number of carbonyl (C=O) groups is 1. The van der Waals surface area contributed by atoms with Crippen LogP contribution in [0.3, 0.4) is 0 Å². The maximum atomic E-state index is 13.2. The predicted molar refractivity (Wildman–Crippen MR) is 127 cm³/mol. The van der Waals surface area contributed by atoms with Gasteiger partial charge in [-0.1, -0.05) is 42.5 Å². The lowest BCUT2D eigenvalue weighted by Crippen LogP contribution is -2.48. The Balaban J connectivity index is 1.34. The molecule has 0 radical (unpaired) electrons. The summed E-state index contributed by atoms with van der Waals surface area (Å²) < 4.78 is 27.9. The summed E-state index contributed by atoms with van der Waals surface area (Å²) in [6, 6.07) is 22.1. The topological polar surface area (TPSA) is 82.6 Å². The fourth-order valence-corrected chi connectivity index (χ4v) is 5.34. The minimum absolute atomic E-state index is 0.149. The standard InChI is InChI=1S/C25H28N4O3S/c30-25(27-14-12-23-10-4-5-13-26-23)22-9-6-11-24(19-22)33(31,32)29-17-15-28(16-18-29)20-21-7-2-1-3-8-21/h1-11,13,19H,12,14-18,20H2,(H,27,30). The largest absolute Gasteiger partial charge is 0.352 e. The van der Waals surface area contributed by atoms with Crippen LogP contribution < -0.4 is 5.32 Å². The van der Waals surface area contributed by atoms with E-state index in [2.05, 4.69) is 27.3 Å². The Morgan fingerprint density at radius 1 is 0.909 bits per heavy atom. The number of rotatable bonds is 8. The molecule has 1 saturated heterocycles. The number of hydrogen-bond acceptors (Lipinski definition) is 5. The number of aromatic nitrogens is 1. The molecule has 2 heterocycles. The summed E-state index contributed by atoms with van der Waals surface area (Å²) in [6.07, 6.45) is 2.32. The molecular formula is C25H28N4O3S. The van der Waals surface area contributed by atoms with E-state index in [9.17, 15) is 13.2 Å². The zero-order valence-electron chi connectivity index (χ0n) is 18.4. The monoisotopic (exact) mass is 464 g/mol. The van der Waals surface area contributed by atoms with Crippen molar-refractivity contribution in [3.8, 4) is 0 Å². The second-order valence-corrected chi connectivity index (χ2v) is 9.96. The van der Waals surface area contributed by atoms with Crippen molar-refractivity contribution in [1.82, 2.24) is 19.5 Å². The van der Waals surface area contributed by atoms with Gasteiger partial charge in [0.15, 0.2) is 0 Å². The van der Waals surface area contributed by atoms with E-state index in [1.165, 1.54) is 15.9 Å². The molecule has 0 unspecified atom stereocenters. The maximum Gasteiger partial charge on any atom is 0.251 e. The molecule has 1 aliphatic rings. The Labute approximate surface area is 195 Å². The first kappa shape index (κ1) is 23.1. The first-order valence-electron chi connectivity index (χ1n) is 11.1. The molecule has 1 N–H and O–H groups in total. The minimum Gasteiger partial charge on any atom is -0.352 e. The average molecular weight is 465 g/mol. The molecule has 0 aliphatic carbocycles. The van der Waals surface area contributed by atoms with E-state index in [1.54, 1.807) is 24.4 Å². The van der Waals surface area contributed by atoms with Gasteiger partial charge in [0.25, 0.3) is 5.91 Å². The van der Waals surface area contributed by atoms with Crippen LogP contribution in [0.2, 0.25) is 0 Å². The third kappa shape index (κ3) is 6.04. The summed E-state index contributed by atoms with van der Waals surface area (Å²) in [5, 5.41) is 2.84. The van der Waals surface area contributed by atoms with Gasteiger partial charge in [0.1, 0.15) is 0 Å². The van der Waals surface area contributed by atoms with Crippen molar-refractivity contribution in [2.24, 2.45) is 0 Å². The lowest BCUT2D eigenvalue weighted by molar-refractivity contribution is 0.0954. The summed E-state index contributed by atoms with van der Waals surface area (Å²) in [4.78, 5) is 19.2. The normalized spacial score (nSPS) is 15.3. The van der Waals surface area contributed by atoms with Crippen LogP contribution in [-0.4, -0.2) is 61.2 Å². The molecule has 172 valence electrons. The van der Waals surface area contributed by atoms with Crippen LogP contribution in [0.1, 0.15) is 21.6 Å². The van der Waals surface area contributed by atoms with E-state index in [-0.39, 0.29) is 10.8 Å². The molecule has 0 atom stereocenters. The van der Waals surface area contributed by atoms with Gasteiger partial charge in [-0.25, -0.2) is 8.42 Å². The highest BCUT2D eigenvalue weighted by molar-refractivity contribution is 7.89. The second kappa shape index (κ2) is 10.7. The number of sulfonamides is 1. The predicted octanol–water partition coefficient (Wildman–Crippen LogP) is 2.56. The van der Waals surface area contributed by atoms with Crippen LogP contribution in [0, 0.1) is 0 Å². The zero-order valence-corrected chi connectivity index (χ0v) is 19.2. The van der Waals surface area contributed by atoms with Crippen molar-refractivity contribution in [3.63, 3.8) is 0 Å². The SMILES string of the molecule is O=C(NCCc1ccccn1)c1cccc(S(=O)(=O)N2CCN(Cc3ccccc3)CC2)c1. The molecular weight excluding hydrogens is 436 g/mol. The summed E-state index contributed by atoms with van der Waals surface area (Å²) in [5.74, 6) is -0.296. The van der Waals surface area contributed by atoms with E-state index in [0.717, 1.165) is 12.2 Å². The number of nitrogens with zero attached hydrogens (tertiary/aromatic N) is 3. The molecule has 0 saturated carbocycles. The molecule has 7 nitrogen and oxygen atoms in total. The van der Waals surface area contributed by atoms with Crippen LogP contribution in [0.4, 0.5) is 0 Å². The molecule has 2 aromatic carbocycles. The fraction of sp³-hybridized carbons (Fsp3) is 0.280. The lowest BCUT2D eigenvalue weighted by atomic mass is 10.2. The molecule has 3 aromatic rings. The van der Waals surface area contributed by atoms with Crippen molar-refractivity contribution in [1.29, 1.82) is 0 Å². The molecule has 0 bridgehead atoms. The Morgan fingerprint density at radius 2 is 1.67 bits per heavy atom. The smallest absolute Gasteiger partial charge is 0.251 e. The Hall–Kier alpha value is -3.07. The van der Waals surface area contributed by atoms with Crippen LogP contribution in [0.15, 0.2) is 83.9 Å². The van der Waals surface area contributed by atoms with Gasteiger partial charge in [-0.2, -0.15) is 4.31 Å². The third-order valence-electron chi connectivity index (χ3n) is 5.71. The van der Waals surface area contributed by atoms with Crippen molar-refractivity contribution >= 4 is 15.9 Å². The van der Waals surface area contributed by atoms with Crippen molar-refractivity contribution in [2.45, 2.75) is 17.9 Å². The Kier molecular flexibility index (Phi) is 7.49. The first-order valence-corrected chi connectivity index (χ1v) is 12.5. The second-order valence-electron chi connectivity index (χ2n) is 8.02. The molecule has 33 heavy (non-hydrogen) atoms. The summed E-state index contributed by atoms with van der Waals surface area (Å²) in [5.41, 5.74) is 2.44. The minimum atomic E-state index is -3.66. The zero-order chi connectivity index (χ0) is 23.1. The molecule has 1 amide bonds. The molecule has 1 aliphatic heterocycles. The van der Waals surface area contributed by atoms with E-state index in [4.69, 9.17) is 0 Å². The highest BCUT2D eigenvalue weighted by Gasteiger charge is 2.29. The van der Waals surface area contributed by atoms with Gasteiger partial charge in [0.2, 0.25) is 10.0 Å². The number of hydrogen-bond donors (Lipinski definition) is 1. The van der Waals surface area contributed by atoms with Crippen molar-refractivity contribution in [3.05, 3.63) is 95.8 Å². The van der Waals surface area contributed by atoms with Gasteiger partial charge < -0.3 is 5.32 Å². The fourth-order valence-electron chi connectivity index (χ4n) is 3.87. The van der Waals surface area contributed by atoms with Crippen molar-refractivity contribution < 1.29 is 13.2 Å². The average Bonchev–Trinajstić information content (AvgIpc) is 2.86. The first-order chi connectivity index (χ1) is 16.0. The van der Waals surface area contributed by atoms with Gasteiger partial charge in [-0.05, 0) is 35.9 Å². The lowest BCUT2D eigenvalue weighted by Gasteiger charge is -2.34. The van der Waals surface area contributed by atoms with E-state index in [0.29, 0.717) is 44.7 Å².